The highest BCUT2D eigenvalue weighted by Gasteiger charge is 2.22. The topological polar surface area (TPSA) is 111 Å². The SMILES string of the molecule is COc1cc(N)c(Cl)cc1C(=O)NCC1CN(CCCCNC(=O)c2cn(C)c3ccccc23)CCO1. The van der Waals surface area contributed by atoms with Crippen molar-refractivity contribution in [1.82, 2.24) is 20.1 Å². The maximum atomic E-state index is 12.7. The van der Waals surface area contributed by atoms with Crippen LogP contribution in [0, 0.1) is 0 Å². The third-order valence-corrected chi connectivity index (χ3v) is 6.93. The van der Waals surface area contributed by atoms with Crippen LogP contribution in [0.4, 0.5) is 5.69 Å². The number of hydrogen-bond acceptors (Lipinski definition) is 6. The summed E-state index contributed by atoms with van der Waals surface area (Å²) in [7, 11) is 3.43. The monoisotopic (exact) mass is 527 g/mol. The number of nitrogens with zero attached hydrogens (tertiary/aromatic N) is 2. The molecule has 3 aromatic rings. The van der Waals surface area contributed by atoms with Crippen molar-refractivity contribution >= 4 is 40.0 Å². The average Bonchev–Trinajstić information content (AvgIpc) is 3.25. The number of anilines is 1. The van der Waals surface area contributed by atoms with Crippen molar-refractivity contribution in [1.29, 1.82) is 0 Å². The van der Waals surface area contributed by atoms with Crippen LogP contribution in [-0.2, 0) is 11.8 Å². The van der Waals surface area contributed by atoms with Crippen molar-refractivity contribution in [3.63, 3.8) is 0 Å². The van der Waals surface area contributed by atoms with Crippen molar-refractivity contribution in [2.45, 2.75) is 18.9 Å². The number of hydrogen-bond donors (Lipinski definition) is 3. The Morgan fingerprint density at radius 1 is 1.16 bits per heavy atom. The van der Waals surface area contributed by atoms with Crippen molar-refractivity contribution in [3.05, 3.63) is 58.7 Å². The van der Waals surface area contributed by atoms with E-state index in [-0.39, 0.29) is 17.9 Å². The second kappa shape index (κ2) is 12.3. The Labute approximate surface area is 221 Å². The molecule has 4 rings (SSSR count). The lowest BCUT2D eigenvalue weighted by Crippen LogP contribution is -2.47. The van der Waals surface area contributed by atoms with Gasteiger partial charge in [0.2, 0.25) is 0 Å². The minimum absolute atomic E-state index is 0.0435. The van der Waals surface area contributed by atoms with Gasteiger partial charge in [0.05, 0.1) is 41.7 Å². The fraction of sp³-hybridized carbons (Fsp3) is 0.407. The molecule has 9 nitrogen and oxygen atoms in total. The van der Waals surface area contributed by atoms with Crippen molar-refractivity contribution in [3.8, 4) is 5.75 Å². The summed E-state index contributed by atoms with van der Waals surface area (Å²) in [5, 5.41) is 7.23. The molecule has 0 bridgehead atoms. The number of aryl methyl sites for hydroxylation is 1. The largest absolute Gasteiger partial charge is 0.496 e. The normalized spacial score (nSPS) is 16.0. The molecule has 2 amide bonds. The number of carbonyl (C=O) groups is 2. The van der Waals surface area contributed by atoms with E-state index in [0.29, 0.717) is 47.3 Å². The molecule has 0 spiro atoms. The van der Waals surface area contributed by atoms with Crippen LogP contribution in [0.25, 0.3) is 10.9 Å². The molecule has 1 unspecified atom stereocenters. The number of para-hydroxylation sites is 1. The zero-order valence-corrected chi connectivity index (χ0v) is 22.0. The number of nitrogen functional groups attached to an aromatic ring is 1. The summed E-state index contributed by atoms with van der Waals surface area (Å²) in [5.74, 6) is 0.0394. The summed E-state index contributed by atoms with van der Waals surface area (Å²) in [6.45, 7) is 4.07. The third kappa shape index (κ3) is 6.54. The van der Waals surface area contributed by atoms with Gasteiger partial charge in [-0.1, -0.05) is 29.8 Å². The fourth-order valence-electron chi connectivity index (χ4n) is 4.60. The van der Waals surface area contributed by atoms with Gasteiger partial charge in [-0.25, -0.2) is 0 Å². The van der Waals surface area contributed by atoms with E-state index in [2.05, 4.69) is 15.5 Å². The Bertz CT molecular complexity index is 1260. The number of amides is 2. The van der Waals surface area contributed by atoms with Crippen LogP contribution < -0.4 is 21.1 Å². The first kappa shape index (κ1) is 26.8. The molecule has 0 aliphatic carbocycles. The third-order valence-electron chi connectivity index (χ3n) is 6.60. The van der Waals surface area contributed by atoms with E-state index in [1.54, 1.807) is 6.07 Å². The maximum absolute atomic E-state index is 12.7. The lowest BCUT2D eigenvalue weighted by atomic mass is 10.1. The molecular formula is C27H34ClN5O4. The van der Waals surface area contributed by atoms with Crippen molar-refractivity contribution in [2.75, 3.05) is 52.2 Å². The standard InChI is InChI=1S/C27H34ClN5O4/c1-32-17-21(19-7-3-4-8-24(19)32)27(35)30-9-5-6-10-33-11-12-37-18(16-33)15-31-26(34)20-13-22(28)23(29)14-25(20)36-2/h3-4,7-8,13-14,17-18H,5-6,9-12,15-16,29H2,1-2H3,(H,30,35)(H,31,34). The highest BCUT2D eigenvalue weighted by atomic mass is 35.5. The summed E-state index contributed by atoms with van der Waals surface area (Å²) in [6, 6.07) is 11.0. The van der Waals surface area contributed by atoms with E-state index in [1.165, 1.54) is 13.2 Å². The number of nitrogens with one attached hydrogen (secondary N) is 2. The van der Waals surface area contributed by atoms with Crippen LogP contribution in [0.2, 0.25) is 5.02 Å². The number of ether oxygens (including phenoxy) is 2. The second-order valence-corrected chi connectivity index (χ2v) is 9.62. The lowest BCUT2D eigenvalue weighted by molar-refractivity contribution is -0.0267. The first-order valence-electron chi connectivity index (χ1n) is 12.4. The number of nitrogens with two attached hydrogens (primary N) is 1. The number of aromatic nitrogens is 1. The number of morpholine rings is 1. The van der Waals surface area contributed by atoms with Gasteiger partial charge in [0, 0.05) is 56.4 Å². The molecule has 0 radical (unpaired) electrons. The summed E-state index contributed by atoms with van der Waals surface area (Å²) in [5.41, 5.74) is 8.24. The van der Waals surface area contributed by atoms with Gasteiger partial charge < -0.3 is 30.4 Å². The van der Waals surface area contributed by atoms with Crippen LogP contribution in [0.3, 0.4) is 0 Å². The van der Waals surface area contributed by atoms with E-state index >= 15 is 0 Å². The van der Waals surface area contributed by atoms with Gasteiger partial charge in [-0.15, -0.1) is 0 Å². The number of halogens is 1. The molecule has 1 fully saturated rings. The van der Waals surface area contributed by atoms with E-state index in [0.717, 1.165) is 43.4 Å². The van der Waals surface area contributed by atoms with Gasteiger partial charge in [0.15, 0.2) is 0 Å². The molecule has 1 atom stereocenters. The first-order chi connectivity index (χ1) is 17.9. The van der Waals surface area contributed by atoms with Crippen LogP contribution in [-0.4, -0.2) is 73.8 Å². The van der Waals surface area contributed by atoms with E-state index in [4.69, 9.17) is 26.8 Å². The molecule has 1 aliphatic heterocycles. The molecule has 2 aromatic carbocycles. The van der Waals surface area contributed by atoms with Gasteiger partial charge >= 0.3 is 0 Å². The van der Waals surface area contributed by atoms with Crippen molar-refractivity contribution in [2.24, 2.45) is 7.05 Å². The van der Waals surface area contributed by atoms with E-state index < -0.39 is 0 Å². The number of benzene rings is 2. The van der Waals surface area contributed by atoms with Gasteiger partial charge in [-0.3, -0.25) is 14.5 Å². The quantitative estimate of drug-likeness (QED) is 0.276. The number of unbranched alkanes of at least 4 members (excludes halogenated alkanes) is 1. The summed E-state index contributed by atoms with van der Waals surface area (Å²) in [4.78, 5) is 27.7. The minimum Gasteiger partial charge on any atom is -0.496 e. The summed E-state index contributed by atoms with van der Waals surface area (Å²) in [6.07, 6.45) is 3.60. The molecule has 198 valence electrons. The van der Waals surface area contributed by atoms with Crippen LogP contribution in [0.5, 0.6) is 5.75 Å². The summed E-state index contributed by atoms with van der Waals surface area (Å²) < 4.78 is 13.1. The molecule has 37 heavy (non-hydrogen) atoms. The Kier molecular flexibility index (Phi) is 8.91. The van der Waals surface area contributed by atoms with Crippen molar-refractivity contribution < 1.29 is 19.1 Å². The number of fused-ring (bicyclic) bond motifs is 1. The molecule has 0 saturated carbocycles. The maximum Gasteiger partial charge on any atom is 0.255 e. The second-order valence-electron chi connectivity index (χ2n) is 9.21. The van der Waals surface area contributed by atoms with Crippen LogP contribution in [0.15, 0.2) is 42.6 Å². The fourth-order valence-corrected chi connectivity index (χ4v) is 4.77. The van der Waals surface area contributed by atoms with Gasteiger partial charge in [0.1, 0.15) is 5.75 Å². The highest BCUT2D eigenvalue weighted by molar-refractivity contribution is 6.33. The lowest BCUT2D eigenvalue weighted by Gasteiger charge is -2.33. The Morgan fingerprint density at radius 2 is 1.95 bits per heavy atom. The van der Waals surface area contributed by atoms with E-state index in [9.17, 15) is 9.59 Å². The first-order valence-corrected chi connectivity index (χ1v) is 12.8. The molecule has 10 heteroatoms. The predicted octanol–water partition coefficient (Wildman–Crippen LogP) is 3.06. The van der Waals surface area contributed by atoms with Gasteiger partial charge in [0.25, 0.3) is 11.8 Å². The molecule has 2 heterocycles. The summed E-state index contributed by atoms with van der Waals surface area (Å²) >= 11 is 6.08. The van der Waals surface area contributed by atoms with Gasteiger partial charge in [-0.2, -0.15) is 0 Å². The molecule has 4 N–H and O–H groups in total. The number of methoxy groups -OCH3 is 1. The Hall–Kier alpha value is -3.27. The smallest absolute Gasteiger partial charge is 0.255 e. The number of rotatable bonds is 10. The Morgan fingerprint density at radius 3 is 2.76 bits per heavy atom. The minimum atomic E-state index is -0.290. The average molecular weight is 528 g/mol. The van der Waals surface area contributed by atoms with Gasteiger partial charge in [-0.05, 0) is 31.5 Å². The van der Waals surface area contributed by atoms with E-state index in [1.807, 2.05) is 42.1 Å². The molecule has 1 aliphatic rings. The highest BCUT2D eigenvalue weighted by Crippen LogP contribution is 2.28. The predicted molar refractivity (Wildman–Crippen MR) is 145 cm³/mol. The number of carbonyl (C=O) groups excluding carboxylic acids is 2. The van der Waals surface area contributed by atoms with Crippen LogP contribution >= 0.6 is 11.6 Å². The zero-order valence-electron chi connectivity index (χ0n) is 21.3. The molecular weight excluding hydrogens is 494 g/mol. The van der Waals surface area contributed by atoms with Crippen LogP contribution in [0.1, 0.15) is 33.6 Å². The molecule has 1 aromatic heterocycles. The zero-order chi connectivity index (χ0) is 26.4. The molecule has 1 saturated heterocycles. The Balaban J connectivity index is 1.18.